The molecule has 0 saturated heterocycles. The van der Waals surface area contributed by atoms with Crippen molar-refractivity contribution >= 4 is 5.97 Å². The molecule has 1 aromatic carbocycles. The summed E-state index contributed by atoms with van der Waals surface area (Å²) < 4.78 is 5.27. The molecule has 0 atom stereocenters. The average molecular weight is 274 g/mol. The fourth-order valence-electron chi connectivity index (χ4n) is 1.92. The predicted octanol–water partition coefficient (Wildman–Crippen LogP) is 1.76. The predicted molar refractivity (Wildman–Crippen MR) is 73.3 cm³/mol. The number of aromatic amines is 1. The molecule has 0 aliphatic heterocycles. The third kappa shape index (κ3) is 2.40. The van der Waals surface area contributed by atoms with Crippen molar-refractivity contribution in [1.82, 2.24) is 9.97 Å². The first-order valence-electron chi connectivity index (χ1n) is 5.92. The molecule has 2 rings (SSSR count). The van der Waals surface area contributed by atoms with Crippen molar-refractivity contribution in [1.29, 1.82) is 0 Å². The maximum atomic E-state index is 11.4. The van der Waals surface area contributed by atoms with Gasteiger partial charge in [0.1, 0.15) is 11.3 Å². The number of rotatable bonds is 3. The first kappa shape index (κ1) is 13.8. The Labute approximate surface area is 115 Å². The lowest BCUT2D eigenvalue weighted by Crippen LogP contribution is -2.15. The number of aromatic carboxylic acids is 1. The number of benzene rings is 1. The van der Waals surface area contributed by atoms with Gasteiger partial charge in [-0.2, -0.15) is 0 Å². The van der Waals surface area contributed by atoms with Gasteiger partial charge in [0.25, 0.3) is 0 Å². The van der Waals surface area contributed by atoms with E-state index in [1.165, 1.54) is 7.11 Å². The van der Waals surface area contributed by atoms with Gasteiger partial charge in [0.15, 0.2) is 0 Å². The van der Waals surface area contributed by atoms with E-state index in [9.17, 15) is 14.7 Å². The maximum absolute atomic E-state index is 11.4. The normalized spacial score (nSPS) is 10.3. The molecule has 0 unspecified atom stereocenters. The Hall–Kier alpha value is -2.63. The number of H-pyrrole nitrogens is 1. The lowest BCUT2D eigenvalue weighted by molar-refractivity contribution is 0.0697. The highest BCUT2D eigenvalue weighted by Crippen LogP contribution is 2.32. The molecule has 2 aromatic rings. The molecule has 6 heteroatoms. The quantitative estimate of drug-likeness (QED) is 0.889. The summed E-state index contributed by atoms with van der Waals surface area (Å²) in [6.45, 7) is 3.83. The van der Waals surface area contributed by atoms with Crippen molar-refractivity contribution in [2.75, 3.05) is 7.11 Å². The fraction of sp³-hybridized carbons (Fsp3) is 0.214. The summed E-state index contributed by atoms with van der Waals surface area (Å²) in [5, 5.41) is 9.20. The Bertz CT molecular complexity index is 734. The number of aryl methyl sites for hydroxylation is 2. The first-order valence-corrected chi connectivity index (χ1v) is 5.92. The van der Waals surface area contributed by atoms with Gasteiger partial charge >= 0.3 is 11.7 Å². The minimum absolute atomic E-state index is 0.0776. The number of ether oxygens (including phenoxy) is 1. The van der Waals surface area contributed by atoms with Crippen LogP contribution in [0.3, 0.4) is 0 Å². The standard InChI is InChI=1S/C14H14N2O4/c1-7-4-9(11(20-3)5-8(7)2)12-10(13(17)18)6-15-14(19)16-12/h4-6H,1-3H3,(H,17,18)(H,15,16,19). The number of nitrogens with zero attached hydrogens (tertiary/aromatic N) is 1. The number of hydrogen-bond donors (Lipinski definition) is 2. The average Bonchev–Trinajstić information content (AvgIpc) is 2.40. The van der Waals surface area contributed by atoms with Crippen molar-refractivity contribution in [3.8, 4) is 17.0 Å². The number of methoxy groups -OCH3 is 1. The molecule has 104 valence electrons. The summed E-state index contributed by atoms with van der Waals surface area (Å²) in [5.41, 5.74) is 2.01. The van der Waals surface area contributed by atoms with E-state index in [0.29, 0.717) is 11.3 Å². The Morgan fingerprint density at radius 1 is 1.30 bits per heavy atom. The second kappa shape index (κ2) is 5.16. The van der Waals surface area contributed by atoms with Gasteiger partial charge in [-0.15, -0.1) is 0 Å². The molecule has 0 spiro atoms. The highest BCUT2D eigenvalue weighted by Gasteiger charge is 2.17. The molecule has 0 fully saturated rings. The first-order chi connectivity index (χ1) is 9.43. The molecule has 1 heterocycles. The third-order valence-corrected chi connectivity index (χ3v) is 3.13. The molecule has 6 nitrogen and oxygen atoms in total. The molecule has 0 bridgehead atoms. The van der Waals surface area contributed by atoms with Crippen molar-refractivity contribution in [3.05, 3.63) is 45.5 Å². The zero-order chi connectivity index (χ0) is 14.9. The van der Waals surface area contributed by atoms with Gasteiger partial charge in [-0.25, -0.2) is 14.6 Å². The monoisotopic (exact) mass is 274 g/mol. The Balaban J connectivity index is 2.80. The Kier molecular flexibility index (Phi) is 3.56. The Morgan fingerprint density at radius 2 is 1.95 bits per heavy atom. The number of carboxylic acids is 1. The van der Waals surface area contributed by atoms with Crippen molar-refractivity contribution < 1.29 is 14.6 Å². The second-order valence-corrected chi connectivity index (χ2v) is 4.42. The van der Waals surface area contributed by atoms with Crippen LogP contribution in [0.25, 0.3) is 11.3 Å². The van der Waals surface area contributed by atoms with Gasteiger partial charge in [0, 0.05) is 11.8 Å². The van der Waals surface area contributed by atoms with Crippen LogP contribution in [0.5, 0.6) is 5.75 Å². The van der Waals surface area contributed by atoms with Gasteiger partial charge in [-0.05, 0) is 37.1 Å². The number of aromatic nitrogens is 2. The van der Waals surface area contributed by atoms with Crippen LogP contribution in [0, 0.1) is 13.8 Å². The van der Waals surface area contributed by atoms with Crippen molar-refractivity contribution in [2.24, 2.45) is 0 Å². The fourth-order valence-corrected chi connectivity index (χ4v) is 1.92. The zero-order valence-electron chi connectivity index (χ0n) is 11.4. The van der Waals surface area contributed by atoms with Crippen molar-refractivity contribution in [2.45, 2.75) is 13.8 Å². The molecule has 0 saturated carbocycles. The van der Waals surface area contributed by atoms with E-state index in [-0.39, 0.29) is 11.3 Å². The van der Waals surface area contributed by atoms with Crippen LogP contribution >= 0.6 is 0 Å². The minimum Gasteiger partial charge on any atom is -0.496 e. The van der Waals surface area contributed by atoms with Crippen LogP contribution in [0.2, 0.25) is 0 Å². The summed E-state index contributed by atoms with van der Waals surface area (Å²) in [4.78, 5) is 28.6. The van der Waals surface area contributed by atoms with Gasteiger partial charge in [-0.1, -0.05) is 0 Å². The molecule has 1 aromatic heterocycles. The molecule has 0 radical (unpaired) electrons. The number of hydrogen-bond acceptors (Lipinski definition) is 4. The van der Waals surface area contributed by atoms with Gasteiger partial charge < -0.3 is 14.8 Å². The third-order valence-electron chi connectivity index (χ3n) is 3.13. The van der Waals surface area contributed by atoms with Crippen molar-refractivity contribution in [3.63, 3.8) is 0 Å². The van der Waals surface area contributed by atoms with E-state index >= 15 is 0 Å². The molecule has 0 aliphatic carbocycles. The molecule has 20 heavy (non-hydrogen) atoms. The number of carboxylic acid groups (broad SMARTS) is 1. The van der Waals surface area contributed by atoms with E-state index in [4.69, 9.17) is 4.74 Å². The van der Waals surface area contributed by atoms with Crippen LogP contribution in [-0.2, 0) is 0 Å². The van der Waals surface area contributed by atoms with E-state index in [1.54, 1.807) is 12.1 Å². The van der Waals surface area contributed by atoms with Crippen LogP contribution in [0.1, 0.15) is 21.5 Å². The molecule has 0 aliphatic rings. The lowest BCUT2D eigenvalue weighted by Gasteiger charge is -2.13. The molecule has 2 N–H and O–H groups in total. The topological polar surface area (TPSA) is 92.3 Å². The Morgan fingerprint density at radius 3 is 2.55 bits per heavy atom. The van der Waals surface area contributed by atoms with E-state index in [2.05, 4.69) is 9.97 Å². The lowest BCUT2D eigenvalue weighted by atomic mass is 10.0. The largest absolute Gasteiger partial charge is 0.496 e. The second-order valence-electron chi connectivity index (χ2n) is 4.42. The number of nitrogens with one attached hydrogen (secondary N) is 1. The summed E-state index contributed by atoms with van der Waals surface area (Å²) in [7, 11) is 1.49. The molecular weight excluding hydrogens is 260 g/mol. The van der Waals surface area contributed by atoms with Gasteiger partial charge in [0.05, 0.1) is 12.8 Å². The van der Waals surface area contributed by atoms with Crippen LogP contribution in [0.4, 0.5) is 0 Å². The zero-order valence-corrected chi connectivity index (χ0v) is 11.4. The summed E-state index contributed by atoms with van der Waals surface area (Å²) in [6, 6.07) is 3.58. The van der Waals surface area contributed by atoms with E-state index in [0.717, 1.165) is 17.3 Å². The summed E-state index contributed by atoms with van der Waals surface area (Å²) in [5.74, 6) is -0.665. The minimum atomic E-state index is -1.16. The summed E-state index contributed by atoms with van der Waals surface area (Å²) in [6.07, 6.45) is 1.05. The maximum Gasteiger partial charge on any atom is 0.345 e. The smallest absolute Gasteiger partial charge is 0.345 e. The van der Waals surface area contributed by atoms with Gasteiger partial charge in [0.2, 0.25) is 0 Å². The van der Waals surface area contributed by atoms with Gasteiger partial charge in [-0.3, -0.25) is 0 Å². The van der Waals surface area contributed by atoms with E-state index in [1.807, 2.05) is 13.8 Å². The highest BCUT2D eigenvalue weighted by molar-refractivity contribution is 5.95. The van der Waals surface area contributed by atoms with Crippen LogP contribution in [-0.4, -0.2) is 28.2 Å². The van der Waals surface area contributed by atoms with Crippen LogP contribution < -0.4 is 10.4 Å². The SMILES string of the molecule is COc1cc(C)c(C)cc1-c1[nH]c(=O)ncc1C(=O)O. The number of carbonyl (C=O) groups is 1. The molecule has 0 amide bonds. The van der Waals surface area contributed by atoms with E-state index < -0.39 is 11.7 Å². The highest BCUT2D eigenvalue weighted by atomic mass is 16.5. The summed E-state index contributed by atoms with van der Waals surface area (Å²) >= 11 is 0. The van der Waals surface area contributed by atoms with Crippen LogP contribution in [0.15, 0.2) is 23.1 Å². The molecular formula is C14H14N2O4.